The van der Waals surface area contributed by atoms with Crippen molar-refractivity contribution in [2.75, 3.05) is 26.2 Å². The zero-order chi connectivity index (χ0) is 15.3. The molecule has 0 aromatic heterocycles. The van der Waals surface area contributed by atoms with Gasteiger partial charge in [-0.2, -0.15) is 0 Å². The van der Waals surface area contributed by atoms with E-state index in [4.69, 9.17) is 0 Å². The van der Waals surface area contributed by atoms with Crippen molar-refractivity contribution >= 4 is 10.0 Å². The van der Waals surface area contributed by atoms with Crippen LogP contribution in [0, 0.1) is 17.7 Å². The summed E-state index contributed by atoms with van der Waals surface area (Å²) in [4.78, 5) is 2.32. The van der Waals surface area contributed by atoms with Crippen molar-refractivity contribution in [3.05, 3.63) is 35.6 Å². The normalized spacial score (nSPS) is 29.9. The minimum atomic E-state index is -3.02. The van der Waals surface area contributed by atoms with Crippen molar-refractivity contribution in [2.45, 2.75) is 24.6 Å². The van der Waals surface area contributed by atoms with Crippen LogP contribution in [0.2, 0.25) is 0 Å². The Morgan fingerprint density at radius 2 is 1.77 bits per heavy atom. The number of fused-ring (bicyclic) bond motifs is 1. The molecule has 4 rings (SSSR count). The van der Waals surface area contributed by atoms with Crippen molar-refractivity contribution in [1.82, 2.24) is 9.21 Å². The number of likely N-dealkylation sites (tertiary alicyclic amines) is 1. The predicted octanol–water partition coefficient (Wildman–Crippen LogP) is 1.68. The molecule has 0 radical (unpaired) electrons. The van der Waals surface area contributed by atoms with Crippen molar-refractivity contribution in [1.29, 1.82) is 0 Å². The standard InChI is InChI=1S/C16H21FN2O2S/c17-15-3-1-2-12(6-15)7-18-8-13-10-19(11-14(13)9-18)22(20,21)16-4-5-16/h1-3,6,13-14,16H,4-5,7-11H2/t13-,14-/m0/s1. The molecule has 6 heteroatoms. The molecule has 0 N–H and O–H groups in total. The molecule has 2 atom stereocenters. The van der Waals surface area contributed by atoms with Crippen molar-refractivity contribution in [3.8, 4) is 0 Å². The van der Waals surface area contributed by atoms with E-state index in [0.717, 1.165) is 38.0 Å². The summed E-state index contributed by atoms with van der Waals surface area (Å²) in [5, 5.41) is -0.102. The van der Waals surface area contributed by atoms with Crippen LogP contribution in [0.15, 0.2) is 24.3 Å². The van der Waals surface area contributed by atoms with E-state index in [0.29, 0.717) is 24.9 Å². The minimum absolute atomic E-state index is 0.102. The second kappa shape index (κ2) is 5.28. The van der Waals surface area contributed by atoms with E-state index in [9.17, 15) is 12.8 Å². The third-order valence-electron chi connectivity index (χ3n) is 5.13. The number of nitrogens with zero attached hydrogens (tertiary/aromatic N) is 2. The lowest BCUT2D eigenvalue weighted by Crippen LogP contribution is -2.35. The first-order valence-corrected chi connectivity index (χ1v) is 9.48. The third kappa shape index (κ3) is 2.68. The fraction of sp³-hybridized carbons (Fsp3) is 0.625. The van der Waals surface area contributed by atoms with Crippen LogP contribution in [0.5, 0.6) is 0 Å². The number of sulfonamides is 1. The summed E-state index contributed by atoms with van der Waals surface area (Å²) >= 11 is 0. The Morgan fingerprint density at radius 1 is 1.09 bits per heavy atom. The lowest BCUT2D eigenvalue weighted by molar-refractivity contribution is 0.289. The summed E-state index contributed by atoms with van der Waals surface area (Å²) in [6.45, 7) is 3.92. The van der Waals surface area contributed by atoms with Crippen LogP contribution in [0.4, 0.5) is 4.39 Å². The Bertz CT molecular complexity index is 660. The largest absolute Gasteiger partial charge is 0.298 e. The van der Waals surface area contributed by atoms with Gasteiger partial charge in [-0.25, -0.2) is 17.1 Å². The molecule has 2 saturated heterocycles. The first kappa shape index (κ1) is 14.6. The smallest absolute Gasteiger partial charge is 0.217 e. The molecule has 2 aliphatic heterocycles. The van der Waals surface area contributed by atoms with Gasteiger partial charge in [0.1, 0.15) is 5.82 Å². The van der Waals surface area contributed by atoms with Crippen LogP contribution in [0.1, 0.15) is 18.4 Å². The molecule has 22 heavy (non-hydrogen) atoms. The van der Waals surface area contributed by atoms with E-state index in [1.807, 2.05) is 6.07 Å². The van der Waals surface area contributed by atoms with E-state index in [-0.39, 0.29) is 11.1 Å². The number of benzene rings is 1. The summed E-state index contributed by atoms with van der Waals surface area (Å²) in [5.74, 6) is 0.669. The van der Waals surface area contributed by atoms with Gasteiger partial charge in [0, 0.05) is 32.7 Å². The van der Waals surface area contributed by atoms with E-state index in [2.05, 4.69) is 4.90 Å². The van der Waals surface area contributed by atoms with E-state index >= 15 is 0 Å². The van der Waals surface area contributed by atoms with Gasteiger partial charge in [-0.3, -0.25) is 4.90 Å². The number of hydrogen-bond acceptors (Lipinski definition) is 3. The van der Waals surface area contributed by atoms with Crippen LogP contribution < -0.4 is 0 Å². The Morgan fingerprint density at radius 3 is 2.36 bits per heavy atom. The van der Waals surface area contributed by atoms with Crippen LogP contribution >= 0.6 is 0 Å². The lowest BCUT2D eigenvalue weighted by Gasteiger charge is -2.21. The summed E-state index contributed by atoms with van der Waals surface area (Å²) < 4.78 is 39.6. The molecule has 0 amide bonds. The maximum Gasteiger partial charge on any atom is 0.217 e. The van der Waals surface area contributed by atoms with Crippen LogP contribution in [-0.4, -0.2) is 49.1 Å². The fourth-order valence-electron chi connectivity index (χ4n) is 3.85. The van der Waals surface area contributed by atoms with E-state index < -0.39 is 10.0 Å². The molecule has 0 bridgehead atoms. The molecule has 0 spiro atoms. The molecule has 3 aliphatic rings. The monoisotopic (exact) mass is 324 g/mol. The zero-order valence-electron chi connectivity index (χ0n) is 12.5. The average Bonchev–Trinajstić information content (AvgIpc) is 3.14. The van der Waals surface area contributed by atoms with Gasteiger partial charge >= 0.3 is 0 Å². The molecule has 120 valence electrons. The van der Waals surface area contributed by atoms with E-state index in [1.165, 1.54) is 6.07 Å². The molecule has 1 aromatic rings. The van der Waals surface area contributed by atoms with Gasteiger partial charge in [-0.1, -0.05) is 12.1 Å². The maximum atomic E-state index is 13.2. The first-order chi connectivity index (χ1) is 10.5. The highest BCUT2D eigenvalue weighted by Crippen LogP contribution is 2.38. The lowest BCUT2D eigenvalue weighted by atomic mass is 10.0. The Labute approximate surface area is 131 Å². The highest BCUT2D eigenvalue weighted by Gasteiger charge is 2.48. The fourth-order valence-corrected chi connectivity index (χ4v) is 5.81. The Balaban J connectivity index is 1.37. The van der Waals surface area contributed by atoms with Crippen LogP contribution in [-0.2, 0) is 16.6 Å². The average molecular weight is 324 g/mol. The molecular weight excluding hydrogens is 303 g/mol. The van der Waals surface area contributed by atoms with Gasteiger partial charge in [-0.05, 0) is 42.4 Å². The number of hydrogen-bond donors (Lipinski definition) is 0. The quantitative estimate of drug-likeness (QED) is 0.846. The van der Waals surface area contributed by atoms with Crippen molar-refractivity contribution < 1.29 is 12.8 Å². The molecule has 3 fully saturated rings. The zero-order valence-corrected chi connectivity index (χ0v) is 13.3. The molecule has 1 aromatic carbocycles. The molecule has 2 heterocycles. The van der Waals surface area contributed by atoms with Gasteiger partial charge in [0.25, 0.3) is 0 Å². The van der Waals surface area contributed by atoms with E-state index in [1.54, 1.807) is 16.4 Å². The SMILES string of the molecule is O=S(=O)(C1CC1)N1C[C@@H]2CN(Cc3cccc(F)c3)C[C@H]2C1. The Hall–Kier alpha value is -0.980. The molecular formula is C16H21FN2O2S. The summed E-state index contributed by atoms with van der Waals surface area (Å²) in [7, 11) is -3.02. The predicted molar refractivity (Wildman–Crippen MR) is 82.2 cm³/mol. The summed E-state index contributed by atoms with van der Waals surface area (Å²) in [6, 6.07) is 6.73. The van der Waals surface area contributed by atoms with Crippen molar-refractivity contribution in [2.24, 2.45) is 11.8 Å². The highest BCUT2D eigenvalue weighted by atomic mass is 32.2. The second-order valence-electron chi connectivity index (χ2n) is 6.91. The first-order valence-electron chi connectivity index (χ1n) is 7.98. The summed E-state index contributed by atoms with van der Waals surface area (Å²) in [5.41, 5.74) is 0.988. The second-order valence-corrected chi connectivity index (χ2v) is 9.12. The minimum Gasteiger partial charge on any atom is -0.298 e. The van der Waals surface area contributed by atoms with Crippen LogP contribution in [0.25, 0.3) is 0 Å². The Kier molecular flexibility index (Phi) is 3.51. The molecule has 1 aliphatic carbocycles. The van der Waals surface area contributed by atoms with Gasteiger partial charge < -0.3 is 0 Å². The van der Waals surface area contributed by atoms with Gasteiger partial charge in [0.05, 0.1) is 5.25 Å². The highest BCUT2D eigenvalue weighted by molar-refractivity contribution is 7.90. The van der Waals surface area contributed by atoms with Crippen molar-refractivity contribution in [3.63, 3.8) is 0 Å². The van der Waals surface area contributed by atoms with Gasteiger partial charge in [0.15, 0.2) is 0 Å². The van der Waals surface area contributed by atoms with Gasteiger partial charge in [0.2, 0.25) is 10.0 Å². The van der Waals surface area contributed by atoms with Crippen LogP contribution in [0.3, 0.4) is 0 Å². The molecule has 4 nitrogen and oxygen atoms in total. The molecule has 0 unspecified atom stereocenters. The maximum absolute atomic E-state index is 13.2. The van der Waals surface area contributed by atoms with Gasteiger partial charge in [-0.15, -0.1) is 0 Å². The number of rotatable bonds is 4. The topological polar surface area (TPSA) is 40.6 Å². The number of halogens is 1. The molecule has 1 saturated carbocycles. The third-order valence-corrected chi connectivity index (χ3v) is 7.46. The summed E-state index contributed by atoms with van der Waals surface area (Å²) in [6.07, 6.45) is 1.67.